The predicted octanol–water partition coefficient (Wildman–Crippen LogP) is 2.60. The second-order valence-corrected chi connectivity index (χ2v) is 10.2. The van der Waals surface area contributed by atoms with Crippen LogP contribution in [0.4, 0.5) is 5.82 Å². The van der Waals surface area contributed by atoms with Crippen molar-refractivity contribution >= 4 is 28.5 Å². The van der Waals surface area contributed by atoms with Crippen LogP contribution in [0.15, 0.2) is 48.8 Å². The first-order chi connectivity index (χ1) is 19.0. The number of nitrogens with one attached hydrogen (secondary N) is 4. The van der Waals surface area contributed by atoms with Crippen molar-refractivity contribution in [2.75, 3.05) is 18.8 Å². The normalized spacial score (nSPS) is 18.1. The largest absolute Gasteiger partial charge is 0.382 e. The highest BCUT2D eigenvalue weighted by atomic mass is 16.2. The second kappa shape index (κ2) is 12.1. The molecule has 0 radical (unpaired) electrons. The fourth-order valence-electron chi connectivity index (χ4n) is 5.21. The molecular formula is C28H35N9O2. The molecule has 1 aliphatic rings. The molecule has 1 fully saturated rings. The van der Waals surface area contributed by atoms with E-state index in [4.69, 9.17) is 11.5 Å². The first kappa shape index (κ1) is 26.4. The number of nitrogen functional groups attached to an aromatic ring is 1. The van der Waals surface area contributed by atoms with Gasteiger partial charge in [-0.05, 0) is 68.8 Å². The minimum Gasteiger partial charge on any atom is -0.382 e. The van der Waals surface area contributed by atoms with Crippen molar-refractivity contribution in [1.82, 2.24) is 35.8 Å². The monoisotopic (exact) mass is 529 g/mol. The maximum absolute atomic E-state index is 13.3. The zero-order valence-corrected chi connectivity index (χ0v) is 21.8. The number of nitrogens with zero attached hydrogens (tertiary/aromatic N) is 3. The Morgan fingerprint density at radius 3 is 2.69 bits per heavy atom. The van der Waals surface area contributed by atoms with Gasteiger partial charge in [-0.1, -0.05) is 12.1 Å². The fourth-order valence-corrected chi connectivity index (χ4v) is 5.21. The number of hydrogen-bond donors (Lipinski definition) is 6. The van der Waals surface area contributed by atoms with Gasteiger partial charge < -0.3 is 27.1 Å². The average molecular weight is 530 g/mol. The van der Waals surface area contributed by atoms with Crippen LogP contribution in [0.1, 0.15) is 49.5 Å². The van der Waals surface area contributed by atoms with Crippen LogP contribution in [0.5, 0.6) is 0 Å². The number of benzene rings is 1. The number of carbonyl (C=O) groups excluding carboxylic acids is 2. The summed E-state index contributed by atoms with van der Waals surface area (Å²) in [4.78, 5) is 38.3. The summed E-state index contributed by atoms with van der Waals surface area (Å²) >= 11 is 0. The van der Waals surface area contributed by atoms with E-state index in [0.717, 1.165) is 53.5 Å². The highest BCUT2D eigenvalue weighted by Crippen LogP contribution is 2.29. The number of rotatable bonds is 10. The number of imidazole rings is 1. The smallest absolute Gasteiger partial charge is 0.231 e. The van der Waals surface area contributed by atoms with E-state index in [0.29, 0.717) is 43.6 Å². The molecule has 1 aromatic carbocycles. The zero-order chi connectivity index (χ0) is 27.2. The molecule has 1 saturated carbocycles. The van der Waals surface area contributed by atoms with Crippen molar-refractivity contribution in [2.24, 2.45) is 17.6 Å². The predicted molar refractivity (Wildman–Crippen MR) is 149 cm³/mol. The highest BCUT2D eigenvalue weighted by Gasteiger charge is 2.27. The fraction of sp³-hybridized carbons (Fsp3) is 0.393. The van der Waals surface area contributed by atoms with Gasteiger partial charge in [0.15, 0.2) is 5.82 Å². The summed E-state index contributed by atoms with van der Waals surface area (Å²) in [6.45, 7) is 1.35. The molecule has 8 N–H and O–H groups in total. The van der Waals surface area contributed by atoms with Crippen molar-refractivity contribution < 1.29 is 9.59 Å². The molecular weight excluding hydrogens is 494 g/mol. The third kappa shape index (κ3) is 6.26. The topological polar surface area (TPSA) is 180 Å². The molecule has 0 unspecified atom stereocenters. The number of aromatic nitrogens is 5. The van der Waals surface area contributed by atoms with E-state index in [9.17, 15) is 9.59 Å². The Balaban J connectivity index is 1.27. The van der Waals surface area contributed by atoms with E-state index in [-0.39, 0.29) is 17.7 Å². The number of carbonyl (C=O) groups is 2. The molecule has 204 valence electrons. The summed E-state index contributed by atoms with van der Waals surface area (Å²) in [6, 6.07) is 11.3. The van der Waals surface area contributed by atoms with Crippen molar-refractivity contribution in [3.63, 3.8) is 0 Å². The third-order valence-electron chi connectivity index (χ3n) is 7.60. The first-order valence-electron chi connectivity index (χ1n) is 13.5. The van der Waals surface area contributed by atoms with Crippen molar-refractivity contribution in [2.45, 2.75) is 44.6 Å². The van der Waals surface area contributed by atoms with Gasteiger partial charge in [0.05, 0.1) is 35.6 Å². The number of hydrogen-bond acceptors (Lipinski definition) is 7. The van der Waals surface area contributed by atoms with Crippen LogP contribution >= 0.6 is 0 Å². The number of fused-ring (bicyclic) bond motifs is 1. The lowest BCUT2D eigenvalue weighted by atomic mass is 9.81. The van der Waals surface area contributed by atoms with Crippen molar-refractivity contribution in [3.05, 3.63) is 60.3 Å². The molecule has 0 spiro atoms. The quantitative estimate of drug-likeness (QED) is 0.183. The maximum Gasteiger partial charge on any atom is 0.231 e. The second-order valence-electron chi connectivity index (χ2n) is 10.2. The lowest BCUT2D eigenvalue weighted by Crippen LogP contribution is -2.37. The number of nitrogens with two attached hydrogens (primary N) is 2. The molecule has 4 aromatic rings. The van der Waals surface area contributed by atoms with Crippen LogP contribution in [-0.2, 0) is 16.1 Å². The summed E-state index contributed by atoms with van der Waals surface area (Å²) in [5.41, 5.74) is 14.9. The van der Waals surface area contributed by atoms with Crippen molar-refractivity contribution in [1.29, 1.82) is 0 Å². The third-order valence-corrected chi connectivity index (χ3v) is 7.60. The van der Waals surface area contributed by atoms with E-state index in [2.05, 4.69) is 35.8 Å². The van der Waals surface area contributed by atoms with Crippen LogP contribution in [-0.4, -0.2) is 50.1 Å². The Bertz CT molecular complexity index is 1410. The summed E-state index contributed by atoms with van der Waals surface area (Å²) in [5, 5.41) is 13.8. The minimum absolute atomic E-state index is 0.00545. The van der Waals surface area contributed by atoms with E-state index in [1.165, 1.54) is 0 Å². The molecule has 11 nitrogen and oxygen atoms in total. The van der Waals surface area contributed by atoms with Crippen molar-refractivity contribution in [3.8, 4) is 11.3 Å². The van der Waals surface area contributed by atoms with Gasteiger partial charge in [0.1, 0.15) is 5.82 Å². The Morgan fingerprint density at radius 2 is 1.92 bits per heavy atom. The first-order valence-corrected chi connectivity index (χ1v) is 13.5. The molecule has 1 atom stereocenters. The molecule has 5 rings (SSSR count). The van der Waals surface area contributed by atoms with Crippen LogP contribution in [0.3, 0.4) is 0 Å². The van der Waals surface area contributed by atoms with E-state index >= 15 is 0 Å². The molecule has 39 heavy (non-hydrogen) atoms. The Labute approximate surface area is 226 Å². The van der Waals surface area contributed by atoms with Gasteiger partial charge in [0, 0.05) is 29.6 Å². The molecule has 0 aliphatic heterocycles. The molecule has 3 aromatic heterocycles. The Kier molecular flexibility index (Phi) is 8.16. The Morgan fingerprint density at radius 1 is 1.08 bits per heavy atom. The lowest BCUT2D eigenvalue weighted by Gasteiger charge is -2.27. The SMILES string of the molecule is NCC1CCC(C(=O)NCC[C@H](C(=O)NCc2ccccn2)c2ncc(-c3ccc4c(N)n[nH]c4c3)[nH]2)CC1. The van der Waals surface area contributed by atoms with Gasteiger partial charge in [-0.15, -0.1) is 0 Å². The molecule has 3 heterocycles. The average Bonchev–Trinajstić information content (AvgIpc) is 3.61. The van der Waals surface area contributed by atoms with E-state index < -0.39 is 5.92 Å². The van der Waals surface area contributed by atoms with E-state index in [1.807, 2.05) is 36.4 Å². The number of amides is 2. The summed E-state index contributed by atoms with van der Waals surface area (Å²) in [5.74, 6) is 0.779. The summed E-state index contributed by atoms with van der Waals surface area (Å²) in [6.07, 6.45) is 7.49. The number of anilines is 1. The van der Waals surface area contributed by atoms with Gasteiger partial charge in [0.25, 0.3) is 0 Å². The number of pyridine rings is 1. The standard InChI is InChI=1S/C28H35N9O2/c29-14-17-4-6-18(7-5-17)27(38)32-12-10-22(28(39)34-15-20-3-1-2-11-31-20)26-33-16-24(35-26)19-8-9-21-23(13-19)36-37-25(21)30/h1-3,8-9,11,13,16-18,22H,4-7,10,12,14-15,29H2,(H,32,38)(H,33,35)(H,34,39)(H3,30,36,37)/t17?,18?,22-/m0/s1. The summed E-state index contributed by atoms with van der Waals surface area (Å²) in [7, 11) is 0. The minimum atomic E-state index is -0.581. The van der Waals surface area contributed by atoms with Gasteiger partial charge in [-0.3, -0.25) is 19.7 Å². The van der Waals surface area contributed by atoms with Gasteiger partial charge in [-0.25, -0.2) is 4.98 Å². The number of H-pyrrole nitrogens is 2. The molecule has 0 bridgehead atoms. The molecule has 11 heteroatoms. The van der Waals surface area contributed by atoms with Gasteiger partial charge in [0.2, 0.25) is 11.8 Å². The van der Waals surface area contributed by atoms with Crippen LogP contribution in [0.25, 0.3) is 22.2 Å². The van der Waals surface area contributed by atoms with Gasteiger partial charge in [-0.2, -0.15) is 5.10 Å². The van der Waals surface area contributed by atoms with Crippen LogP contribution in [0, 0.1) is 11.8 Å². The molecule has 1 aliphatic carbocycles. The molecule has 0 saturated heterocycles. The van der Waals surface area contributed by atoms with E-state index in [1.54, 1.807) is 12.4 Å². The maximum atomic E-state index is 13.3. The molecule has 2 amide bonds. The lowest BCUT2D eigenvalue weighted by molar-refractivity contribution is -0.127. The number of aromatic amines is 2. The zero-order valence-electron chi connectivity index (χ0n) is 21.8. The Hall–Kier alpha value is -4.25. The van der Waals surface area contributed by atoms with Crippen LogP contribution in [0.2, 0.25) is 0 Å². The van der Waals surface area contributed by atoms with Gasteiger partial charge >= 0.3 is 0 Å². The van der Waals surface area contributed by atoms with Crippen LogP contribution < -0.4 is 22.1 Å². The highest BCUT2D eigenvalue weighted by molar-refractivity contribution is 5.91. The summed E-state index contributed by atoms with van der Waals surface area (Å²) < 4.78 is 0.